The van der Waals surface area contributed by atoms with Crippen molar-refractivity contribution < 1.29 is 31.1 Å². The molecule has 1 aliphatic rings. The number of rotatable bonds is 4. The van der Waals surface area contributed by atoms with Gasteiger partial charge in [-0.1, -0.05) is 19.3 Å². The smallest absolute Gasteiger partial charge is 0.309 e. The molecule has 180 valence electrons. The Balaban J connectivity index is 1.80. The lowest BCUT2D eigenvalue weighted by atomic mass is 9.85. The van der Waals surface area contributed by atoms with Crippen LogP contribution in [0.4, 0.5) is 32.2 Å². The molecule has 1 unspecified atom stereocenters. The fraction of sp³-hybridized carbons (Fsp3) is 0.476. The van der Waals surface area contributed by atoms with Crippen LogP contribution in [0.15, 0.2) is 35.3 Å². The number of carbonyl (C=O) groups excluding carboxylic acids is 1. The van der Waals surface area contributed by atoms with Crippen LogP contribution < -0.4 is 10.6 Å². The molecule has 1 heterocycles. The molecular weight excluding hydrogens is 452 g/mol. The van der Waals surface area contributed by atoms with Crippen molar-refractivity contribution in [3.8, 4) is 0 Å². The molecule has 1 fully saturated rings. The van der Waals surface area contributed by atoms with Gasteiger partial charge in [0, 0.05) is 11.6 Å². The summed E-state index contributed by atoms with van der Waals surface area (Å²) in [7, 11) is 0. The van der Waals surface area contributed by atoms with Crippen LogP contribution in [0.3, 0.4) is 0 Å². The van der Waals surface area contributed by atoms with E-state index in [4.69, 9.17) is 0 Å². The molecular formula is C21H23F6N5O. The fourth-order valence-electron chi connectivity index (χ4n) is 3.66. The van der Waals surface area contributed by atoms with E-state index in [9.17, 15) is 31.1 Å². The molecule has 1 atom stereocenters. The van der Waals surface area contributed by atoms with E-state index in [2.05, 4.69) is 20.7 Å². The molecule has 0 aliphatic heterocycles. The number of aromatic nitrogens is 2. The van der Waals surface area contributed by atoms with Crippen LogP contribution in [0.5, 0.6) is 0 Å². The molecule has 1 aromatic carbocycles. The summed E-state index contributed by atoms with van der Waals surface area (Å²) in [6, 6.07) is 4.04. The van der Waals surface area contributed by atoms with Crippen molar-refractivity contribution >= 4 is 17.7 Å². The maximum absolute atomic E-state index is 12.9. The average molecular weight is 475 g/mol. The molecule has 0 spiro atoms. The molecule has 0 bridgehead atoms. The summed E-state index contributed by atoms with van der Waals surface area (Å²) in [5, 5.41) is 10.4. The summed E-state index contributed by atoms with van der Waals surface area (Å²) in [6.45, 7) is 1.84. The third-order valence-corrected chi connectivity index (χ3v) is 5.50. The van der Waals surface area contributed by atoms with Gasteiger partial charge in [-0.05, 0) is 49.9 Å². The highest BCUT2D eigenvalue weighted by Crippen LogP contribution is 2.30. The Morgan fingerprint density at radius 3 is 2.24 bits per heavy atom. The van der Waals surface area contributed by atoms with E-state index in [1.54, 1.807) is 0 Å². The van der Waals surface area contributed by atoms with E-state index in [1.807, 2.05) is 12.0 Å². The first kappa shape index (κ1) is 24.6. The summed E-state index contributed by atoms with van der Waals surface area (Å²) in [6.07, 6.45) is -4.11. The highest BCUT2D eigenvalue weighted by atomic mass is 19.4. The standard InChI is InChI=1S/C21H23F6N5O/c1-12(13-5-3-2-4-6-13)28-19(29-17-11-16(31-32-17)21(25,26)27)30-18(33)14-7-9-15(10-8-14)20(22,23)24/h7-13H,2-6H2,1H3,(H3,28,29,30,31,32,33). The first-order valence-corrected chi connectivity index (χ1v) is 10.4. The summed E-state index contributed by atoms with van der Waals surface area (Å²) in [5.74, 6) is -0.885. The van der Waals surface area contributed by atoms with Crippen molar-refractivity contribution in [2.75, 3.05) is 5.32 Å². The average Bonchev–Trinajstić information content (AvgIpc) is 3.23. The maximum atomic E-state index is 12.9. The predicted octanol–water partition coefficient (Wildman–Crippen LogP) is 5.61. The van der Waals surface area contributed by atoms with Crippen LogP contribution in [-0.2, 0) is 12.4 Å². The van der Waals surface area contributed by atoms with Gasteiger partial charge in [-0.3, -0.25) is 15.2 Å². The molecule has 3 rings (SSSR count). The highest BCUT2D eigenvalue weighted by molar-refractivity contribution is 6.09. The zero-order valence-corrected chi connectivity index (χ0v) is 17.6. The van der Waals surface area contributed by atoms with E-state index >= 15 is 0 Å². The van der Waals surface area contributed by atoms with Gasteiger partial charge < -0.3 is 5.32 Å². The Kier molecular flexibility index (Phi) is 7.33. The number of H-pyrrole nitrogens is 1. The zero-order valence-electron chi connectivity index (χ0n) is 17.6. The van der Waals surface area contributed by atoms with Gasteiger partial charge in [-0.2, -0.15) is 31.4 Å². The van der Waals surface area contributed by atoms with E-state index in [0.717, 1.165) is 62.4 Å². The second kappa shape index (κ2) is 9.84. The number of aliphatic imine (C=N–C) groups is 1. The minimum Gasteiger partial charge on any atom is -0.309 e. The number of anilines is 1. The third kappa shape index (κ3) is 6.72. The van der Waals surface area contributed by atoms with Crippen molar-refractivity contribution in [2.24, 2.45) is 10.9 Å². The number of carbonyl (C=O) groups is 1. The highest BCUT2D eigenvalue weighted by Gasteiger charge is 2.33. The number of hydrogen-bond acceptors (Lipinski definition) is 3. The lowest BCUT2D eigenvalue weighted by Crippen LogP contribution is -2.38. The van der Waals surface area contributed by atoms with Gasteiger partial charge in [0.25, 0.3) is 5.91 Å². The Morgan fingerprint density at radius 2 is 1.70 bits per heavy atom. The number of guanidine groups is 1. The van der Waals surface area contributed by atoms with Gasteiger partial charge in [-0.25, -0.2) is 4.99 Å². The SMILES string of the molecule is CC(N=C(NC(=O)c1ccc(C(F)(F)F)cc1)Nc1cc(C(F)(F)F)[nH]n1)C1CCCCC1. The van der Waals surface area contributed by atoms with Crippen molar-refractivity contribution in [2.45, 2.75) is 57.4 Å². The Hall–Kier alpha value is -3.05. The minimum atomic E-state index is -4.64. The van der Waals surface area contributed by atoms with Gasteiger partial charge in [-0.15, -0.1) is 0 Å². The van der Waals surface area contributed by atoms with Crippen LogP contribution >= 0.6 is 0 Å². The fourth-order valence-corrected chi connectivity index (χ4v) is 3.66. The van der Waals surface area contributed by atoms with Crippen LogP contribution in [0.2, 0.25) is 0 Å². The monoisotopic (exact) mass is 475 g/mol. The molecule has 1 aromatic heterocycles. The molecule has 0 saturated heterocycles. The van der Waals surface area contributed by atoms with Crippen molar-refractivity contribution in [1.29, 1.82) is 0 Å². The quantitative estimate of drug-likeness (QED) is 0.305. The largest absolute Gasteiger partial charge is 0.432 e. The predicted molar refractivity (Wildman–Crippen MR) is 110 cm³/mol. The maximum Gasteiger partial charge on any atom is 0.432 e. The molecule has 1 saturated carbocycles. The van der Waals surface area contributed by atoms with E-state index < -0.39 is 29.5 Å². The lowest BCUT2D eigenvalue weighted by Gasteiger charge is -2.25. The van der Waals surface area contributed by atoms with E-state index in [1.165, 1.54) is 0 Å². The first-order chi connectivity index (χ1) is 15.4. The van der Waals surface area contributed by atoms with Crippen LogP contribution in [0.25, 0.3) is 0 Å². The summed E-state index contributed by atoms with van der Waals surface area (Å²) < 4.78 is 76.9. The van der Waals surface area contributed by atoms with Crippen LogP contribution in [0.1, 0.15) is 60.6 Å². The molecule has 33 heavy (non-hydrogen) atoms. The van der Waals surface area contributed by atoms with Crippen molar-refractivity contribution in [3.05, 3.63) is 47.2 Å². The number of alkyl halides is 6. The van der Waals surface area contributed by atoms with E-state index in [-0.39, 0.29) is 29.3 Å². The molecule has 1 amide bonds. The van der Waals surface area contributed by atoms with Crippen LogP contribution in [-0.4, -0.2) is 28.1 Å². The Labute approximate surface area is 185 Å². The normalized spacial score (nSPS) is 17.0. The minimum absolute atomic E-state index is 0.0687. The number of amides is 1. The van der Waals surface area contributed by atoms with Crippen molar-refractivity contribution in [3.63, 3.8) is 0 Å². The molecule has 0 radical (unpaired) electrons. The topological polar surface area (TPSA) is 82.2 Å². The molecule has 3 N–H and O–H groups in total. The van der Waals surface area contributed by atoms with Gasteiger partial charge in [0.15, 0.2) is 5.82 Å². The number of halogens is 6. The Morgan fingerprint density at radius 1 is 1.06 bits per heavy atom. The molecule has 6 nitrogen and oxygen atoms in total. The van der Waals surface area contributed by atoms with Gasteiger partial charge in [0.05, 0.1) is 11.6 Å². The number of nitrogens with one attached hydrogen (secondary N) is 3. The first-order valence-electron chi connectivity index (χ1n) is 10.4. The zero-order chi connectivity index (χ0) is 24.2. The summed E-state index contributed by atoms with van der Waals surface area (Å²) >= 11 is 0. The summed E-state index contributed by atoms with van der Waals surface area (Å²) in [4.78, 5) is 17.1. The Bertz CT molecular complexity index is 974. The molecule has 1 aliphatic carbocycles. The van der Waals surface area contributed by atoms with Crippen LogP contribution in [0, 0.1) is 5.92 Å². The number of aromatic amines is 1. The van der Waals surface area contributed by atoms with Gasteiger partial charge >= 0.3 is 12.4 Å². The van der Waals surface area contributed by atoms with Crippen molar-refractivity contribution in [1.82, 2.24) is 15.5 Å². The van der Waals surface area contributed by atoms with Gasteiger partial charge in [0.2, 0.25) is 5.96 Å². The number of hydrogen-bond donors (Lipinski definition) is 3. The molecule has 12 heteroatoms. The number of benzene rings is 1. The summed E-state index contributed by atoms with van der Waals surface area (Å²) in [5.41, 5.74) is -2.06. The molecule has 2 aromatic rings. The second-order valence-corrected chi connectivity index (χ2v) is 7.94. The third-order valence-electron chi connectivity index (χ3n) is 5.50. The lowest BCUT2D eigenvalue weighted by molar-refractivity contribution is -0.141. The van der Waals surface area contributed by atoms with Gasteiger partial charge in [0.1, 0.15) is 5.69 Å². The van der Waals surface area contributed by atoms with E-state index in [0.29, 0.717) is 0 Å². The number of nitrogens with zero attached hydrogens (tertiary/aromatic N) is 2. The second-order valence-electron chi connectivity index (χ2n) is 7.94.